The summed E-state index contributed by atoms with van der Waals surface area (Å²) in [6, 6.07) is 17.9. The Labute approximate surface area is 171 Å². The highest BCUT2D eigenvalue weighted by Gasteiger charge is 2.19. The van der Waals surface area contributed by atoms with Gasteiger partial charge in [0.2, 0.25) is 0 Å². The van der Waals surface area contributed by atoms with Crippen LogP contribution in [-0.2, 0) is 13.1 Å². The second-order valence-electron chi connectivity index (χ2n) is 7.19. The summed E-state index contributed by atoms with van der Waals surface area (Å²) in [5.74, 6) is 1.79. The molecule has 5 heteroatoms. The summed E-state index contributed by atoms with van der Waals surface area (Å²) >= 11 is 0. The van der Waals surface area contributed by atoms with Crippen LogP contribution < -0.4 is 9.47 Å². The van der Waals surface area contributed by atoms with E-state index in [1.54, 1.807) is 12.4 Å². The number of nitrogens with zero attached hydrogens (tertiary/aromatic N) is 2. The van der Waals surface area contributed by atoms with Crippen LogP contribution in [0.1, 0.15) is 35.3 Å². The third kappa shape index (κ3) is 4.75. The summed E-state index contributed by atoms with van der Waals surface area (Å²) in [6.07, 6.45) is 2.72. The van der Waals surface area contributed by atoms with E-state index in [1.807, 2.05) is 43.3 Å². The summed E-state index contributed by atoms with van der Waals surface area (Å²) in [7, 11) is 0. The van der Waals surface area contributed by atoms with Crippen molar-refractivity contribution in [3.63, 3.8) is 0 Å². The van der Waals surface area contributed by atoms with Crippen LogP contribution >= 0.6 is 0 Å². The van der Waals surface area contributed by atoms with Gasteiger partial charge in [0, 0.05) is 37.6 Å². The summed E-state index contributed by atoms with van der Waals surface area (Å²) in [5, 5.41) is 10.7. The molecule has 1 aliphatic heterocycles. The topological polar surface area (TPSA) is 54.8 Å². The highest BCUT2D eigenvalue weighted by Crippen LogP contribution is 2.30. The smallest absolute Gasteiger partial charge is 0.123 e. The van der Waals surface area contributed by atoms with Gasteiger partial charge in [-0.3, -0.25) is 9.88 Å². The lowest BCUT2D eigenvalue weighted by Gasteiger charge is -2.20. The predicted molar refractivity (Wildman–Crippen MR) is 112 cm³/mol. The molecule has 3 aromatic rings. The van der Waals surface area contributed by atoms with Crippen molar-refractivity contribution >= 4 is 0 Å². The van der Waals surface area contributed by atoms with E-state index >= 15 is 0 Å². The van der Waals surface area contributed by atoms with E-state index in [0.29, 0.717) is 13.2 Å². The normalized spacial score (nSPS) is 15.1. The minimum Gasteiger partial charge on any atom is -0.494 e. The first-order valence-corrected chi connectivity index (χ1v) is 10.0. The van der Waals surface area contributed by atoms with Crippen LogP contribution in [0.3, 0.4) is 0 Å². The highest BCUT2D eigenvalue weighted by molar-refractivity contribution is 5.41. The number of ether oxygens (including phenoxy) is 2. The van der Waals surface area contributed by atoms with E-state index in [9.17, 15) is 5.11 Å². The molecule has 1 aliphatic rings. The average Bonchev–Trinajstić information content (AvgIpc) is 2.95. The van der Waals surface area contributed by atoms with Crippen molar-refractivity contribution in [2.45, 2.75) is 26.1 Å². The lowest BCUT2D eigenvalue weighted by Crippen LogP contribution is -2.25. The zero-order valence-corrected chi connectivity index (χ0v) is 16.6. The first kappa shape index (κ1) is 19.4. The Kier molecular flexibility index (Phi) is 6.08. The van der Waals surface area contributed by atoms with Crippen LogP contribution in [0.2, 0.25) is 0 Å². The minimum atomic E-state index is -0.678. The van der Waals surface area contributed by atoms with Gasteiger partial charge in [0.1, 0.15) is 24.2 Å². The number of aliphatic hydroxyl groups is 1. The van der Waals surface area contributed by atoms with Gasteiger partial charge in [0.15, 0.2) is 0 Å². The van der Waals surface area contributed by atoms with Gasteiger partial charge in [0.05, 0.1) is 6.61 Å². The maximum Gasteiger partial charge on any atom is 0.123 e. The molecule has 0 saturated heterocycles. The number of aliphatic hydroxyl groups excluding tert-OH is 1. The predicted octanol–water partition coefficient (Wildman–Crippen LogP) is 3.96. The Morgan fingerprint density at radius 1 is 1.10 bits per heavy atom. The zero-order chi connectivity index (χ0) is 20.1. The number of aromatic nitrogens is 1. The van der Waals surface area contributed by atoms with Gasteiger partial charge in [-0.05, 0) is 60.0 Å². The molecule has 0 radical (unpaired) electrons. The molecule has 0 fully saturated rings. The molecule has 0 spiro atoms. The fourth-order valence-electron chi connectivity index (χ4n) is 3.67. The molecule has 0 bridgehead atoms. The number of benzene rings is 2. The van der Waals surface area contributed by atoms with E-state index in [1.165, 1.54) is 5.56 Å². The molecule has 0 amide bonds. The Morgan fingerprint density at radius 2 is 1.97 bits per heavy atom. The van der Waals surface area contributed by atoms with Crippen LogP contribution in [0.4, 0.5) is 0 Å². The van der Waals surface area contributed by atoms with Crippen LogP contribution in [0.5, 0.6) is 11.5 Å². The third-order valence-electron chi connectivity index (χ3n) is 5.10. The van der Waals surface area contributed by atoms with Gasteiger partial charge >= 0.3 is 0 Å². The number of fused-ring (bicyclic) bond motifs is 1. The lowest BCUT2D eigenvalue weighted by molar-refractivity contribution is 0.218. The minimum absolute atomic E-state index is 0.643. The first-order chi connectivity index (χ1) is 14.2. The van der Waals surface area contributed by atoms with Crippen LogP contribution in [0, 0.1) is 0 Å². The van der Waals surface area contributed by atoms with E-state index in [4.69, 9.17) is 9.47 Å². The van der Waals surface area contributed by atoms with E-state index in [-0.39, 0.29) is 0 Å². The average molecular weight is 390 g/mol. The summed E-state index contributed by atoms with van der Waals surface area (Å²) in [6.45, 7) is 5.73. The zero-order valence-electron chi connectivity index (χ0n) is 16.6. The molecule has 1 unspecified atom stereocenters. The van der Waals surface area contributed by atoms with Gasteiger partial charge in [-0.1, -0.05) is 18.2 Å². The SMILES string of the molecule is CCOc1cccc(CN2CCOc3ccc(C(O)c4ccncc4)cc3C2)c1. The molecular weight excluding hydrogens is 364 g/mol. The number of hydrogen-bond donors (Lipinski definition) is 1. The molecule has 150 valence electrons. The molecule has 2 aromatic carbocycles. The summed E-state index contributed by atoms with van der Waals surface area (Å²) in [4.78, 5) is 6.39. The van der Waals surface area contributed by atoms with Gasteiger partial charge < -0.3 is 14.6 Å². The molecule has 29 heavy (non-hydrogen) atoms. The maximum absolute atomic E-state index is 10.7. The molecule has 1 atom stereocenters. The highest BCUT2D eigenvalue weighted by atomic mass is 16.5. The van der Waals surface area contributed by atoms with Crippen molar-refractivity contribution in [1.29, 1.82) is 0 Å². The van der Waals surface area contributed by atoms with E-state index in [2.05, 4.69) is 28.1 Å². The maximum atomic E-state index is 10.7. The van der Waals surface area contributed by atoms with Crippen LogP contribution in [0.15, 0.2) is 67.0 Å². The molecule has 4 rings (SSSR count). The third-order valence-corrected chi connectivity index (χ3v) is 5.10. The van der Waals surface area contributed by atoms with Crippen LogP contribution in [-0.4, -0.2) is 34.7 Å². The fourth-order valence-corrected chi connectivity index (χ4v) is 3.67. The molecule has 1 aromatic heterocycles. The van der Waals surface area contributed by atoms with Crippen molar-refractivity contribution in [1.82, 2.24) is 9.88 Å². The van der Waals surface area contributed by atoms with Crippen LogP contribution in [0.25, 0.3) is 0 Å². The monoisotopic (exact) mass is 390 g/mol. The largest absolute Gasteiger partial charge is 0.494 e. The summed E-state index contributed by atoms with van der Waals surface area (Å²) < 4.78 is 11.6. The van der Waals surface area contributed by atoms with E-state index < -0.39 is 6.10 Å². The second kappa shape index (κ2) is 9.07. The quantitative estimate of drug-likeness (QED) is 0.691. The van der Waals surface area contributed by atoms with Crippen molar-refractivity contribution in [2.24, 2.45) is 0 Å². The van der Waals surface area contributed by atoms with Crippen molar-refractivity contribution in [3.8, 4) is 11.5 Å². The van der Waals surface area contributed by atoms with Crippen molar-refractivity contribution in [3.05, 3.63) is 89.2 Å². The Hall–Kier alpha value is -2.89. The molecule has 2 heterocycles. The van der Waals surface area contributed by atoms with Gasteiger partial charge in [-0.2, -0.15) is 0 Å². The van der Waals surface area contributed by atoms with Gasteiger partial charge in [-0.15, -0.1) is 0 Å². The number of pyridine rings is 1. The second-order valence-corrected chi connectivity index (χ2v) is 7.19. The fraction of sp³-hybridized carbons (Fsp3) is 0.292. The van der Waals surface area contributed by atoms with Crippen molar-refractivity contribution < 1.29 is 14.6 Å². The Bertz CT molecular complexity index is 946. The van der Waals surface area contributed by atoms with Crippen molar-refractivity contribution in [2.75, 3.05) is 19.8 Å². The lowest BCUT2D eigenvalue weighted by atomic mass is 10.00. The molecule has 5 nitrogen and oxygen atoms in total. The van der Waals surface area contributed by atoms with E-state index in [0.717, 1.165) is 47.8 Å². The molecule has 1 N–H and O–H groups in total. The Morgan fingerprint density at radius 3 is 2.79 bits per heavy atom. The number of hydrogen-bond acceptors (Lipinski definition) is 5. The van der Waals surface area contributed by atoms with Gasteiger partial charge in [0.25, 0.3) is 0 Å². The summed E-state index contributed by atoms with van der Waals surface area (Å²) in [5.41, 5.74) is 4.00. The standard InChI is InChI=1S/C24H26N2O3/c1-2-28-22-5-3-4-18(14-22)16-26-12-13-29-23-7-6-20(15-21(23)17-26)24(27)19-8-10-25-11-9-19/h3-11,14-15,24,27H,2,12-13,16-17H2,1H3. The first-order valence-electron chi connectivity index (χ1n) is 10.0. The van der Waals surface area contributed by atoms with Gasteiger partial charge in [-0.25, -0.2) is 0 Å². The molecular formula is C24H26N2O3. The molecule has 0 saturated carbocycles. The molecule has 0 aliphatic carbocycles. The number of rotatable bonds is 6. The Balaban J connectivity index is 1.52.